The summed E-state index contributed by atoms with van der Waals surface area (Å²) in [5.41, 5.74) is 0.971. The first-order chi connectivity index (χ1) is 10.1. The Labute approximate surface area is 137 Å². The second-order valence-electron chi connectivity index (χ2n) is 4.92. The lowest BCUT2D eigenvalue weighted by molar-refractivity contribution is -0.146. The van der Waals surface area contributed by atoms with Gasteiger partial charge in [0.25, 0.3) is 0 Å². The fourth-order valence-corrected chi connectivity index (χ4v) is 2.60. The average Bonchev–Trinajstić information content (AvgIpc) is 3.02. The Kier molecular flexibility index (Phi) is 5.98. The number of rotatable bonds is 5. The topological polar surface area (TPSA) is 64.6 Å². The van der Waals surface area contributed by atoms with E-state index in [1.165, 1.54) is 7.11 Å². The third-order valence-corrected chi connectivity index (χ3v) is 4.10. The van der Waals surface area contributed by atoms with Crippen LogP contribution < -0.4 is 5.32 Å². The van der Waals surface area contributed by atoms with E-state index < -0.39 is 18.1 Å². The SMILES string of the molecule is COC(=O)[C@H](Cc1ccc(I)cc1)NC(=O)[C@@H]1CCCO1. The van der Waals surface area contributed by atoms with E-state index in [-0.39, 0.29) is 5.91 Å². The maximum Gasteiger partial charge on any atom is 0.328 e. The molecule has 0 saturated carbocycles. The monoisotopic (exact) mass is 403 g/mol. The number of amides is 1. The number of hydrogen-bond donors (Lipinski definition) is 1. The van der Waals surface area contributed by atoms with Crippen molar-refractivity contribution in [2.75, 3.05) is 13.7 Å². The zero-order chi connectivity index (χ0) is 15.2. The number of carbonyl (C=O) groups is 2. The molecule has 6 heteroatoms. The highest BCUT2D eigenvalue weighted by Crippen LogP contribution is 2.13. The third kappa shape index (κ3) is 4.67. The van der Waals surface area contributed by atoms with E-state index in [9.17, 15) is 9.59 Å². The lowest BCUT2D eigenvalue weighted by atomic mass is 10.1. The van der Waals surface area contributed by atoms with Gasteiger partial charge in [0.1, 0.15) is 12.1 Å². The highest BCUT2D eigenvalue weighted by molar-refractivity contribution is 14.1. The number of benzene rings is 1. The quantitative estimate of drug-likeness (QED) is 0.600. The first-order valence-corrected chi connectivity index (χ1v) is 7.92. The van der Waals surface area contributed by atoms with E-state index in [1.54, 1.807) is 0 Å². The Balaban J connectivity index is 2.01. The van der Waals surface area contributed by atoms with E-state index in [0.717, 1.165) is 15.6 Å². The van der Waals surface area contributed by atoms with Crippen LogP contribution in [0.2, 0.25) is 0 Å². The standard InChI is InChI=1S/C15H18INO4/c1-20-15(19)12(9-10-4-6-11(16)7-5-10)17-14(18)13-3-2-8-21-13/h4-7,12-13H,2-3,8-9H2,1H3,(H,17,18)/t12-,13-/m0/s1. The number of nitrogens with one attached hydrogen (secondary N) is 1. The predicted molar refractivity (Wildman–Crippen MR) is 85.8 cm³/mol. The van der Waals surface area contributed by atoms with Crippen LogP contribution in [0.25, 0.3) is 0 Å². The summed E-state index contributed by atoms with van der Waals surface area (Å²) in [4.78, 5) is 23.9. The van der Waals surface area contributed by atoms with Gasteiger partial charge in [0.15, 0.2) is 0 Å². The van der Waals surface area contributed by atoms with Crippen molar-refractivity contribution < 1.29 is 19.1 Å². The Morgan fingerprint density at radius 3 is 2.71 bits per heavy atom. The minimum absolute atomic E-state index is 0.242. The number of hydrogen-bond acceptors (Lipinski definition) is 4. The lowest BCUT2D eigenvalue weighted by Gasteiger charge is -2.18. The molecule has 1 heterocycles. The van der Waals surface area contributed by atoms with Gasteiger partial charge in [-0.25, -0.2) is 4.79 Å². The number of esters is 1. The molecule has 1 saturated heterocycles. The second-order valence-corrected chi connectivity index (χ2v) is 6.16. The van der Waals surface area contributed by atoms with Gasteiger partial charge in [0.2, 0.25) is 5.91 Å². The first kappa shape index (κ1) is 16.2. The van der Waals surface area contributed by atoms with E-state index >= 15 is 0 Å². The number of ether oxygens (including phenoxy) is 2. The molecule has 1 amide bonds. The highest BCUT2D eigenvalue weighted by atomic mass is 127. The van der Waals surface area contributed by atoms with Crippen molar-refractivity contribution in [2.24, 2.45) is 0 Å². The number of carbonyl (C=O) groups excluding carboxylic acids is 2. The molecule has 1 N–H and O–H groups in total. The molecular formula is C15H18INO4. The van der Waals surface area contributed by atoms with Crippen LogP contribution in [0.15, 0.2) is 24.3 Å². The molecule has 0 aliphatic carbocycles. The van der Waals surface area contributed by atoms with Gasteiger partial charge in [-0.15, -0.1) is 0 Å². The molecule has 0 bridgehead atoms. The van der Waals surface area contributed by atoms with E-state index in [2.05, 4.69) is 27.9 Å². The largest absolute Gasteiger partial charge is 0.467 e. The van der Waals surface area contributed by atoms with Crippen LogP contribution in [0.3, 0.4) is 0 Å². The van der Waals surface area contributed by atoms with E-state index in [4.69, 9.17) is 9.47 Å². The lowest BCUT2D eigenvalue weighted by Crippen LogP contribution is -2.47. The molecule has 0 spiro atoms. The summed E-state index contributed by atoms with van der Waals surface area (Å²) in [7, 11) is 1.32. The van der Waals surface area contributed by atoms with Crippen LogP contribution in [0.5, 0.6) is 0 Å². The Hall–Kier alpha value is -1.15. The average molecular weight is 403 g/mol. The van der Waals surface area contributed by atoms with Crippen LogP contribution in [-0.4, -0.2) is 37.7 Å². The van der Waals surface area contributed by atoms with Gasteiger partial charge in [0, 0.05) is 16.6 Å². The molecule has 21 heavy (non-hydrogen) atoms. The maximum absolute atomic E-state index is 12.1. The summed E-state index contributed by atoms with van der Waals surface area (Å²) >= 11 is 2.22. The van der Waals surface area contributed by atoms with E-state index in [0.29, 0.717) is 19.4 Å². The van der Waals surface area contributed by atoms with Gasteiger partial charge >= 0.3 is 5.97 Å². The van der Waals surface area contributed by atoms with Crippen LogP contribution in [0.1, 0.15) is 18.4 Å². The van der Waals surface area contributed by atoms with Gasteiger partial charge in [0.05, 0.1) is 7.11 Å². The highest BCUT2D eigenvalue weighted by Gasteiger charge is 2.28. The maximum atomic E-state index is 12.1. The van der Waals surface area contributed by atoms with E-state index in [1.807, 2.05) is 24.3 Å². The summed E-state index contributed by atoms with van der Waals surface area (Å²) in [5.74, 6) is -0.687. The Morgan fingerprint density at radius 1 is 1.43 bits per heavy atom. The second kappa shape index (κ2) is 7.74. The Bertz CT molecular complexity index is 497. The molecule has 0 unspecified atom stereocenters. The van der Waals surface area contributed by atoms with Crippen molar-refractivity contribution >= 4 is 34.5 Å². The molecule has 1 aliphatic heterocycles. The molecule has 1 aromatic rings. The van der Waals surface area contributed by atoms with Gasteiger partial charge in [-0.05, 0) is 53.1 Å². The fraction of sp³-hybridized carbons (Fsp3) is 0.467. The molecule has 2 atom stereocenters. The van der Waals surface area contributed by atoms with Crippen molar-refractivity contribution in [1.82, 2.24) is 5.32 Å². The van der Waals surface area contributed by atoms with Crippen molar-refractivity contribution in [3.05, 3.63) is 33.4 Å². The molecular weight excluding hydrogens is 385 g/mol. The number of methoxy groups -OCH3 is 1. The zero-order valence-electron chi connectivity index (χ0n) is 11.8. The molecule has 1 aromatic carbocycles. The van der Waals surface area contributed by atoms with Crippen LogP contribution in [0.4, 0.5) is 0 Å². The molecule has 2 rings (SSSR count). The zero-order valence-corrected chi connectivity index (χ0v) is 14.0. The third-order valence-electron chi connectivity index (χ3n) is 3.38. The van der Waals surface area contributed by atoms with Crippen molar-refractivity contribution in [3.8, 4) is 0 Å². The predicted octanol–water partition coefficient (Wildman–Crippen LogP) is 1.67. The van der Waals surface area contributed by atoms with Crippen LogP contribution in [-0.2, 0) is 25.5 Å². The summed E-state index contributed by atoms with van der Waals surface area (Å²) in [6.07, 6.45) is 1.53. The van der Waals surface area contributed by atoms with Gasteiger partial charge in [-0.1, -0.05) is 12.1 Å². The van der Waals surface area contributed by atoms with Gasteiger partial charge in [-0.2, -0.15) is 0 Å². The summed E-state index contributed by atoms with van der Waals surface area (Å²) in [6, 6.07) is 7.12. The minimum atomic E-state index is -0.688. The Morgan fingerprint density at radius 2 is 2.14 bits per heavy atom. The molecule has 0 radical (unpaired) electrons. The van der Waals surface area contributed by atoms with Gasteiger partial charge < -0.3 is 14.8 Å². The van der Waals surface area contributed by atoms with Gasteiger partial charge in [-0.3, -0.25) is 4.79 Å². The van der Waals surface area contributed by atoms with Crippen LogP contribution >= 0.6 is 22.6 Å². The fourth-order valence-electron chi connectivity index (χ4n) is 2.24. The molecule has 114 valence electrons. The molecule has 5 nitrogen and oxygen atoms in total. The van der Waals surface area contributed by atoms with Crippen molar-refractivity contribution in [2.45, 2.75) is 31.4 Å². The summed E-state index contributed by atoms with van der Waals surface area (Å²) in [6.45, 7) is 0.595. The first-order valence-electron chi connectivity index (χ1n) is 6.84. The van der Waals surface area contributed by atoms with Crippen LogP contribution in [0, 0.1) is 3.57 Å². The summed E-state index contributed by atoms with van der Waals surface area (Å²) < 4.78 is 11.2. The smallest absolute Gasteiger partial charge is 0.328 e. The normalized spacial score (nSPS) is 19.0. The van der Waals surface area contributed by atoms with Crippen molar-refractivity contribution in [1.29, 1.82) is 0 Å². The summed E-state index contributed by atoms with van der Waals surface area (Å²) in [5, 5.41) is 2.73. The molecule has 1 aliphatic rings. The minimum Gasteiger partial charge on any atom is -0.467 e. The van der Waals surface area contributed by atoms with Crippen molar-refractivity contribution in [3.63, 3.8) is 0 Å². The number of halogens is 1. The molecule has 1 fully saturated rings. The molecule has 0 aromatic heterocycles.